The lowest BCUT2D eigenvalue weighted by Gasteiger charge is -2.17. The largest absolute Gasteiger partial charge is 0.389 e. The van der Waals surface area contributed by atoms with E-state index in [4.69, 9.17) is 5.11 Å². The molecule has 1 rings (SSSR count). The Morgan fingerprint density at radius 3 is 2.67 bits per heavy atom. The smallest absolute Gasteiger partial charge is 0.0721 e. The minimum absolute atomic E-state index is 0.159. The van der Waals surface area contributed by atoms with Gasteiger partial charge in [0.05, 0.1) is 6.10 Å². The van der Waals surface area contributed by atoms with Crippen LogP contribution in [-0.4, -0.2) is 11.2 Å². The zero-order valence-electron chi connectivity index (χ0n) is 5.88. The molecule has 1 nitrogen and oxygen atoms in total. The van der Waals surface area contributed by atoms with Crippen molar-refractivity contribution in [1.29, 1.82) is 0 Å². The normalized spacial score (nSPS) is 34.9. The van der Waals surface area contributed by atoms with E-state index in [0.29, 0.717) is 0 Å². The average Bonchev–Trinajstić information content (AvgIpc) is 1.90. The highest BCUT2D eigenvalue weighted by Gasteiger charge is 2.10. The van der Waals surface area contributed by atoms with E-state index < -0.39 is 0 Å². The molecule has 1 unspecified atom stereocenters. The summed E-state index contributed by atoms with van der Waals surface area (Å²) in [5, 5.41) is 9.04. The van der Waals surface area contributed by atoms with E-state index in [-0.39, 0.29) is 6.10 Å². The van der Waals surface area contributed by atoms with E-state index in [1.54, 1.807) is 0 Å². The predicted molar refractivity (Wildman–Crippen MR) is 38.2 cm³/mol. The fraction of sp³-hybridized carbons (Fsp3) is 0.750. The molecule has 0 aromatic carbocycles. The lowest BCUT2D eigenvalue weighted by Crippen LogP contribution is -2.11. The molecule has 0 spiro atoms. The van der Waals surface area contributed by atoms with Crippen LogP contribution in [0.4, 0.5) is 0 Å². The van der Waals surface area contributed by atoms with Gasteiger partial charge in [-0.3, -0.25) is 0 Å². The van der Waals surface area contributed by atoms with Crippen LogP contribution in [0.5, 0.6) is 0 Å². The van der Waals surface area contributed by atoms with Crippen LogP contribution < -0.4 is 0 Å². The second-order valence-electron chi connectivity index (χ2n) is 2.70. The fourth-order valence-electron chi connectivity index (χ4n) is 1.20. The topological polar surface area (TPSA) is 20.2 Å². The van der Waals surface area contributed by atoms with Crippen molar-refractivity contribution in [2.24, 2.45) is 5.92 Å². The maximum Gasteiger partial charge on any atom is 0.0721 e. The van der Waals surface area contributed by atoms with Gasteiger partial charge in [-0.2, -0.15) is 0 Å². The first kappa shape index (κ1) is 6.81. The molecule has 1 aliphatic rings. The molecule has 0 amide bonds. The Labute approximate surface area is 56.4 Å². The first-order valence-electron chi connectivity index (χ1n) is 3.69. The summed E-state index contributed by atoms with van der Waals surface area (Å²) in [5.41, 5.74) is 0. The molecule has 9 heavy (non-hydrogen) atoms. The van der Waals surface area contributed by atoms with Gasteiger partial charge < -0.3 is 5.11 Å². The number of aliphatic hydroxyl groups excluding tert-OH is 1. The molecule has 0 aromatic heterocycles. The third-order valence-electron chi connectivity index (χ3n) is 1.96. The number of hydrogen-bond acceptors (Lipinski definition) is 1. The maximum atomic E-state index is 9.04. The second kappa shape index (κ2) is 3.02. The van der Waals surface area contributed by atoms with Gasteiger partial charge in [0.25, 0.3) is 0 Å². The van der Waals surface area contributed by atoms with E-state index in [1.165, 1.54) is 6.42 Å². The molecule has 0 saturated heterocycles. The van der Waals surface area contributed by atoms with Crippen molar-refractivity contribution in [3.63, 3.8) is 0 Å². The van der Waals surface area contributed by atoms with Gasteiger partial charge in [0.15, 0.2) is 0 Å². The summed E-state index contributed by atoms with van der Waals surface area (Å²) in [6.07, 6.45) is 7.21. The Balaban J connectivity index is 2.38. The molecule has 0 radical (unpaired) electrons. The van der Waals surface area contributed by atoms with Crippen LogP contribution in [0.1, 0.15) is 26.2 Å². The molecule has 0 saturated carbocycles. The van der Waals surface area contributed by atoms with Gasteiger partial charge in [-0.1, -0.05) is 19.1 Å². The first-order chi connectivity index (χ1) is 4.33. The van der Waals surface area contributed by atoms with Gasteiger partial charge in [-0.25, -0.2) is 0 Å². The van der Waals surface area contributed by atoms with Gasteiger partial charge in [-0.15, -0.1) is 0 Å². The average molecular weight is 126 g/mol. The molecule has 0 bridgehead atoms. The van der Waals surface area contributed by atoms with Gasteiger partial charge >= 0.3 is 0 Å². The van der Waals surface area contributed by atoms with Crippen LogP contribution in [0.25, 0.3) is 0 Å². The standard InChI is InChI=1S/C8H14O/c1-2-7-3-5-8(9)6-4-7/h3,5,7-9H,2,4,6H2,1H3/t7-,8?/m0/s1. The van der Waals surface area contributed by atoms with Crippen molar-refractivity contribution in [2.75, 3.05) is 0 Å². The summed E-state index contributed by atoms with van der Waals surface area (Å²) in [6, 6.07) is 0. The SMILES string of the molecule is CC[C@H]1C=CC(O)CC1. The van der Waals surface area contributed by atoms with Crippen LogP contribution >= 0.6 is 0 Å². The molecule has 0 aliphatic heterocycles. The highest BCUT2D eigenvalue weighted by atomic mass is 16.3. The van der Waals surface area contributed by atoms with Crippen molar-refractivity contribution in [1.82, 2.24) is 0 Å². The molecule has 52 valence electrons. The zero-order valence-corrected chi connectivity index (χ0v) is 5.88. The van der Waals surface area contributed by atoms with Gasteiger partial charge in [0.1, 0.15) is 0 Å². The number of allylic oxidation sites excluding steroid dienone is 1. The summed E-state index contributed by atoms with van der Waals surface area (Å²) >= 11 is 0. The van der Waals surface area contributed by atoms with Crippen LogP contribution in [0, 0.1) is 5.92 Å². The van der Waals surface area contributed by atoms with E-state index in [2.05, 4.69) is 13.0 Å². The van der Waals surface area contributed by atoms with Gasteiger partial charge in [0.2, 0.25) is 0 Å². The minimum Gasteiger partial charge on any atom is -0.389 e. The van der Waals surface area contributed by atoms with Gasteiger partial charge in [0, 0.05) is 0 Å². The number of aliphatic hydroxyl groups is 1. The quantitative estimate of drug-likeness (QED) is 0.530. The molecule has 1 heteroatoms. The fourth-order valence-corrected chi connectivity index (χ4v) is 1.20. The summed E-state index contributed by atoms with van der Waals surface area (Å²) < 4.78 is 0. The minimum atomic E-state index is -0.159. The molecule has 0 aromatic rings. The van der Waals surface area contributed by atoms with Crippen molar-refractivity contribution in [2.45, 2.75) is 32.3 Å². The number of hydrogen-bond donors (Lipinski definition) is 1. The molecule has 0 heterocycles. The van der Waals surface area contributed by atoms with Crippen molar-refractivity contribution in [3.8, 4) is 0 Å². The summed E-state index contributed by atoms with van der Waals surface area (Å²) in [5.74, 6) is 0.730. The highest BCUT2D eigenvalue weighted by Crippen LogP contribution is 2.19. The van der Waals surface area contributed by atoms with Crippen molar-refractivity contribution >= 4 is 0 Å². The molecule has 0 fully saturated rings. The van der Waals surface area contributed by atoms with Crippen LogP contribution in [0.15, 0.2) is 12.2 Å². The number of rotatable bonds is 1. The van der Waals surface area contributed by atoms with E-state index >= 15 is 0 Å². The summed E-state index contributed by atoms with van der Waals surface area (Å²) in [7, 11) is 0. The Morgan fingerprint density at radius 1 is 1.44 bits per heavy atom. The zero-order chi connectivity index (χ0) is 6.69. The molecular weight excluding hydrogens is 112 g/mol. The molecule has 1 aliphatic carbocycles. The van der Waals surface area contributed by atoms with E-state index in [9.17, 15) is 0 Å². The third-order valence-corrected chi connectivity index (χ3v) is 1.96. The van der Waals surface area contributed by atoms with E-state index in [1.807, 2.05) is 6.08 Å². The third kappa shape index (κ3) is 1.83. The molecule has 1 N–H and O–H groups in total. The van der Waals surface area contributed by atoms with Gasteiger partial charge in [-0.05, 0) is 25.2 Å². The summed E-state index contributed by atoms with van der Waals surface area (Å²) in [6.45, 7) is 2.19. The maximum absolute atomic E-state index is 9.04. The monoisotopic (exact) mass is 126 g/mol. The molecular formula is C8H14O. The van der Waals surface area contributed by atoms with Crippen molar-refractivity contribution in [3.05, 3.63) is 12.2 Å². The molecule has 2 atom stereocenters. The Morgan fingerprint density at radius 2 is 2.22 bits per heavy atom. The second-order valence-corrected chi connectivity index (χ2v) is 2.70. The lowest BCUT2D eigenvalue weighted by atomic mass is 9.92. The Bertz CT molecular complexity index is 107. The van der Waals surface area contributed by atoms with Crippen molar-refractivity contribution < 1.29 is 5.11 Å². The first-order valence-corrected chi connectivity index (χ1v) is 3.69. The van der Waals surface area contributed by atoms with Crippen LogP contribution in [0.2, 0.25) is 0 Å². The Kier molecular flexibility index (Phi) is 2.29. The van der Waals surface area contributed by atoms with Crippen LogP contribution in [0.3, 0.4) is 0 Å². The predicted octanol–water partition coefficient (Wildman–Crippen LogP) is 1.72. The lowest BCUT2D eigenvalue weighted by molar-refractivity contribution is 0.194. The highest BCUT2D eigenvalue weighted by molar-refractivity contribution is 4.97. The Hall–Kier alpha value is -0.300. The van der Waals surface area contributed by atoms with Crippen LogP contribution in [-0.2, 0) is 0 Å². The van der Waals surface area contributed by atoms with E-state index in [0.717, 1.165) is 18.8 Å². The summed E-state index contributed by atoms with van der Waals surface area (Å²) in [4.78, 5) is 0.